The summed E-state index contributed by atoms with van der Waals surface area (Å²) in [4.78, 5) is 63.1. The van der Waals surface area contributed by atoms with E-state index in [4.69, 9.17) is 0 Å². The molecule has 0 aromatic heterocycles. The van der Waals surface area contributed by atoms with Crippen molar-refractivity contribution >= 4 is 29.3 Å². The summed E-state index contributed by atoms with van der Waals surface area (Å²) in [7, 11) is 0. The Balaban J connectivity index is 1.09. The van der Waals surface area contributed by atoms with Gasteiger partial charge in [0.1, 0.15) is 5.75 Å². The van der Waals surface area contributed by atoms with Crippen molar-refractivity contribution < 1.29 is 24.3 Å². The monoisotopic (exact) mass is 720 g/mol. The van der Waals surface area contributed by atoms with Gasteiger partial charge in [-0.1, -0.05) is 102 Å². The first-order valence-electron chi connectivity index (χ1n) is 19.1. The Kier molecular flexibility index (Phi) is 8.49. The number of fused-ring (bicyclic) bond motifs is 4. The summed E-state index contributed by atoms with van der Waals surface area (Å²) in [5.74, 6) is -4.06. The van der Waals surface area contributed by atoms with Crippen molar-refractivity contribution in [3.8, 4) is 5.75 Å². The highest BCUT2D eigenvalue weighted by Crippen LogP contribution is 2.64. The highest BCUT2D eigenvalue weighted by Gasteiger charge is 2.70. The predicted molar refractivity (Wildman–Crippen MR) is 203 cm³/mol. The van der Waals surface area contributed by atoms with Crippen LogP contribution in [-0.2, 0) is 31.1 Å². The molecular weight excluding hydrogens is 677 g/mol. The Morgan fingerprint density at radius 1 is 0.778 bits per heavy atom. The zero-order valence-corrected chi connectivity index (χ0v) is 30.3. The van der Waals surface area contributed by atoms with Crippen LogP contribution in [-0.4, -0.2) is 62.7 Å². The molecule has 3 heterocycles. The topological polar surface area (TPSA) is 110 Å². The van der Waals surface area contributed by atoms with Gasteiger partial charge in [-0.3, -0.25) is 34.4 Å². The summed E-state index contributed by atoms with van der Waals surface area (Å²) in [5, 5.41) is 12.0. The van der Waals surface area contributed by atoms with Crippen molar-refractivity contribution in [2.75, 3.05) is 18.5 Å². The second-order valence-electron chi connectivity index (χ2n) is 15.7. The molecule has 2 aliphatic carbocycles. The Bertz CT molecular complexity index is 2150. The fourth-order valence-electron chi connectivity index (χ4n) is 10.4. The second-order valence-corrected chi connectivity index (χ2v) is 15.7. The van der Waals surface area contributed by atoms with E-state index in [0.29, 0.717) is 36.1 Å². The number of likely N-dealkylation sites (tertiary alicyclic amines) is 2. The first kappa shape index (κ1) is 34.2. The molecule has 2 N–H and O–H groups in total. The van der Waals surface area contributed by atoms with Crippen LogP contribution in [0.2, 0.25) is 0 Å². The van der Waals surface area contributed by atoms with E-state index in [1.807, 2.05) is 85.8 Å². The maximum atomic E-state index is 15.3. The SMILES string of the molecule is Cc1ccc(NN2C(=O)C3CC4C(=CCC5C(=O)N(C6CCN(Cc7ccccc7)CC6)C(=O)C54)C(c4cccc(O)c4)C3(c3ccccc3)C2=O)cc1. The van der Waals surface area contributed by atoms with Crippen molar-refractivity contribution in [2.24, 2.45) is 23.7 Å². The number of phenolic OH excluding ortho intramolecular Hbond substituents is 1. The summed E-state index contributed by atoms with van der Waals surface area (Å²) < 4.78 is 0. The third-order valence-corrected chi connectivity index (χ3v) is 12.8. The number of nitrogens with one attached hydrogen (secondary N) is 1. The fourth-order valence-corrected chi connectivity index (χ4v) is 10.4. The molecule has 9 heteroatoms. The van der Waals surface area contributed by atoms with Gasteiger partial charge < -0.3 is 5.11 Å². The normalized spacial score (nSPS) is 28.5. The van der Waals surface area contributed by atoms with E-state index in [9.17, 15) is 19.5 Å². The van der Waals surface area contributed by atoms with Crippen LogP contribution in [0.15, 0.2) is 121 Å². The van der Waals surface area contributed by atoms with Crippen LogP contribution in [0, 0.1) is 30.6 Å². The lowest BCUT2D eigenvalue weighted by Crippen LogP contribution is -2.53. The largest absolute Gasteiger partial charge is 0.508 e. The minimum atomic E-state index is -1.37. The number of piperidine rings is 1. The Hall–Kier alpha value is -5.54. The molecule has 4 amide bonds. The van der Waals surface area contributed by atoms with Crippen LogP contribution < -0.4 is 5.43 Å². The van der Waals surface area contributed by atoms with Crippen molar-refractivity contribution in [3.63, 3.8) is 0 Å². The lowest BCUT2D eigenvalue weighted by Gasteiger charge is -2.50. The van der Waals surface area contributed by atoms with Crippen LogP contribution in [0.5, 0.6) is 5.75 Å². The molecular formula is C45H44N4O5. The van der Waals surface area contributed by atoms with Crippen LogP contribution >= 0.6 is 0 Å². The number of carbonyl (C=O) groups excluding carboxylic acids is 4. The molecule has 274 valence electrons. The average Bonchev–Trinajstić information content (AvgIpc) is 3.57. The number of nitrogens with zero attached hydrogens (tertiary/aromatic N) is 3. The van der Waals surface area contributed by atoms with Gasteiger partial charge in [0.15, 0.2) is 0 Å². The molecule has 9 rings (SSSR count). The molecule has 1 saturated carbocycles. The number of hydrazine groups is 1. The van der Waals surface area contributed by atoms with E-state index in [2.05, 4.69) is 28.5 Å². The molecule has 6 atom stereocenters. The van der Waals surface area contributed by atoms with Gasteiger partial charge in [-0.2, -0.15) is 5.01 Å². The van der Waals surface area contributed by atoms with Crippen LogP contribution in [0.3, 0.4) is 0 Å². The minimum Gasteiger partial charge on any atom is -0.508 e. The van der Waals surface area contributed by atoms with Gasteiger partial charge in [0.25, 0.3) is 11.8 Å². The zero-order valence-electron chi connectivity index (χ0n) is 30.3. The summed E-state index contributed by atoms with van der Waals surface area (Å²) in [6, 6.07) is 34.1. The number of imide groups is 2. The van der Waals surface area contributed by atoms with Gasteiger partial charge in [-0.15, -0.1) is 0 Å². The molecule has 0 spiro atoms. The number of amides is 4. The lowest BCUT2D eigenvalue weighted by atomic mass is 9.49. The smallest absolute Gasteiger partial charge is 0.260 e. The maximum absolute atomic E-state index is 15.3. The quantitative estimate of drug-likeness (QED) is 0.169. The number of aromatic hydroxyl groups is 1. The summed E-state index contributed by atoms with van der Waals surface area (Å²) in [6.07, 6.45) is 4.13. The maximum Gasteiger partial charge on any atom is 0.260 e. The third-order valence-electron chi connectivity index (χ3n) is 12.8. The standard InChI is InChI=1S/C45H44N4O5/c1-28-15-17-32(18-16-28)46-49-42(52)38-26-37-35(40(30-11-8-14-34(50)25-30)45(38,44(49)54)31-12-6-3-7-13-31)19-20-36-39(37)43(53)48(41(36)51)33-21-23-47(24-22-33)27-29-9-4-2-5-10-29/h2-19,25,33,36-40,46,50H,20-24,26-27H2,1H3. The molecule has 4 fully saturated rings. The molecule has 3 saturated heterocycles. The summed E-state index contributed by atoms with van der Waals surface area (Å²) >= 11 is 0. The number of hydrogen-bond acceptors (Lipinski definition) is 7. The van der Waals surface area contributed by atoms with Crippen LogP contribution in [0.25, 0.3) is 0 Å². The minimum absolute atomic E-state index is 0.0481. The molecule has 54 heavy (non-hydrogen) atoms. The van der Waals surface area contributed by atoms with E-state index in [0.717, 1.165) is 30.8 Å². The molecule has 0 radical (unpaired) electrons. The predicted octanol–water partition coefficient (Wildman–Crippen LogP) is 6.35. The number of aryl methyl sites for hydroxylation is 1. The number of hydrogen-bond donors (Lipinski definition) is 2. The highest BCUT2D eigenvalue weighted by atomic mass is 16.3. The van der Waals surface area contributed by atoms with Crippen molar-refractivity contribution in [1.29, 1.82) is 0 Å². The van der Waals surface area contributed by atoms with E-state index >= 15 is 4.79 Å². The number of benzene rings is 4. The summed E-state index contributed by atoms with van der Waals surface area (Å²) in [6.45, 7) is 4.39. The molecule has 4 aromatic rings. The first-order chi connectivity index (χ1) is 26.3. The van der Waals surface area contributed by atoms with E-state index in [1.165, 1.54) is 10.6 Å². The Morgan fingerprint density at radius 2 is 1.48 bits per heavy atom. The fraction of sp³-hybridized carbons (Fsp3) is 0.333. The number of anilines is 1. The lowest BCUT2D eigenvalue weighted by molar-refractivity contribution is -0.144. The van der Waals surface area contributed by atoms with Gasteiger partial charge in [0.2, 0.25) is 11.8 Å². The van der Waals surface area contributed by atoms with Crippen molar-refractivity contribution in [2.45, 2.75) is 56.5 Å². The number of carbonyl (C=O) groups is 4. The van der Waals surface area contributed by atoms with Crippen LogP contribution in [0.4, 0.5) is 5.69 Å². The van der Waals surface area contributed by atoms with E-state index < -0.39 is 35.0 Å². The van der Waals surface area contributed by atoms with Gasteiger partial charge in [0, 0.05) is 31.6 Å². The third kappa shape index (κ3) is 5.39. The van der Waals surface area contributed by atoms with E-state index in [1.54, 1.807) is 23.1 Å². The molecule has 5 aliphatic rings. The number of allylic oxidation sites excluding steroid dienone is 2. The molecule has 4 aromatic carbocycles. The zero-order chi connectivity index (χ0) is 37.1. The Labute approximate surface area is 315 Å². The van der Waals surface area contributed by atoms with Gasteiger partial charge in [-0.25, -0.2) is 0 Å². The Morgan fingerprint density at radius 3 is 2.19 bits per heavy atom. The summed E-state index contributed by atoms with van der Waals surface area (Å²) in [5.41, 5.74) is 6.96. The second kappa shape index (κ2) is 13.4. The molecule has 6 unspecified atom stereocenters. The molecule has 9 nitrogen and oxygen atoms in total. The van der Waals surface area contributed by atoms with Crippen molar-refractivity contribution in [3.05, 3.63) is 143 Å². The highest BCUT2D eigenvalue weighted by molar-refractivity contribution is 6.13. The molecule has 3 aliphatic heterocycles. The first-order valence-corrected chi connectivity index (χ1v) is 19.1. The van der Waals surface area contributed by atoms with Crippen molar-refractivity contribution in [1.82, 2.24) is 14.8 Å². The number of phenols is 1. The average molecular weight is 721 g/mol. The number of rotatable bonds is 7. The van der Waals surface area contributed by atoms with Gasteiger partial charge in [-0.05, 0) is 79.5 Å². The molecule has 0 bridgehead atoms. The van der Waals surface area contributed by atoms with Gasteiger partial charge >= 0.3 is 0 Å². The van der Waals surface area contributed by atoms with E-state index in [-0.39, 0.29) is 41.8 Å². The van der Waals surface area contributed by atoms with Gasteiger partial charge in [0.05, 0.1) is 28.9 Å². The van der Waals surface area contributed by atoms with Crippen LogP contribution in [0.1, 0.15) is 53.9 Å².